The van der Waals surface area contributed by atoms with Crippen LogP contribution in [0.25, 0.3) is 0 Å². The monoisotopic (exact) mass is 376 g/mol. The Morgan fingerprint density at radius 2 is 2.04 bits per heavy atom. The van der Waals surface area contributed by atoms with Gasteiger partial charge in [-0.1, -0.05) is 0 Å². The number of carbonyl (C=O) groups is 3. The molecule has 2 heterocycles. The maximum absolute atomic E-state index is 12.6. The van der Waals surface area contributed by atoms with E-state index < -0.39 is 12.1 Å². The van der Waals surface area contributed by atoms with Crippen molar-refractivity contribution in [3.05, 3.63) is 24.3 Å². The van der Waals surface area contributed by atoms with Crippen LogP contribution in [0.3, 0.4) is 0 Å². The number of morpholine rings is 1. The average Bonchev–Trinajstić information content (AvgIpc) is 3.14. The van der Waals surface area contributed by atoms with Gasteiger partial charge in [0.25, 0.3) is 11.8 Å². The number of urea groups is 1. The maximum atomic E-state index is 12.6. The SMILES string of the molecule is COC(C(=O)Nc1ccc(N2CCOCC2=O)cc1)[C@H]1CCN(C(N)=O)C1. The third-order valence-corrected chi connectivity index (χ3v) is 4.91. The lowest BCUT2D eigenvalue weighted by Gasteiger charge is -2.27. The number of carbonyl (C=O) groups excluding carboxylic acids is 3. The van der Waals surface area contributed by atoms with Crippen molar-refractivity contribution in [1.82, 2.24) is 4.90 Å². The second-order valence-corrected chi connectivity index (χ2v) is 6.62. The van der Waals surface area contributed by atoms with E-state index >= 15 is 0 Å². The highest BCUT2D eigenvalue weighted by Crippen LogP contribution is 2.24. The topological polar surface area (TPSA) is 114 Å². The van der Waals surface area contributed by atoms with Crippen molar-refractivity contribution < 1.29 is 23.9 Å². The van der Waals surface area contributed by atoms with Crippen molar-refractivity contribution in [2.24, 2.45) is 11.7 Å². The first-order chi connectivity index (χ1) is 13.0. The standard InChI is InChI=1S/C18H24N4O5/c1-26-16(12-6-7-21(10-12)18(19)25)17(24)20-13-2-4-14(5-3-13)22-8-9-27-11-15(22)23/h2-5,12,16H,6-11H2,1H3,(H2,19,25)(H,20,24)/t12-,16?/m0/s1. The van der Waals surface area contributed by atoms with Crippen LogP contribution in [-0.2, 0) is 19.1 Å². The molecule has 2 aliphatic rings. The van der Waals surface area contributed by atoms with Gasteiger partial charge in [0.1, 0.15) is 12.7 Å². The summed E-state index contributed by atoms with van der Waals surface area (Å²) in [5.41, 5.74) is 6.67. The van der Waals surface area contributed by atoms with Gasteiger partial charge in [-0.2, -0.15) is 0 Å². The van der Waals surface area contributed by atoms with Crippen LogP contribution in [0.1, 0.15) is 6.42 Å². The minimum atomic E-state index is -0.671. The molecule has 2 atom stereocenters. The number of anilines is 2. The van der Waals surface area contributed by atoms with Gasteiger partial charge in [-0.25, -0.2) is 4.79 Å². The second kappa shape index (κ2) is 8.36. The number of nitrogens with two attached hydrogens (primary N) is 1. The molecule has 3 rings (SSSR count). The number of nitrogens with zero attached hydrogens (tertiary/aromatic N) is 2. The first kappa shape index (κ1) is 19.1. The van der Waals surface area contributed by atoms with Crippen molar-refractivity contribution in [3.8, 4) is 0 Å². The fourth-order valence-corrected chi connectivity index (χ4v) is 3.48. The van der Waals surface area contributed by atoms with Crippen LogP contribution in [0.4, 0.5) is 16.2 Å². The van der Waals surface area contributed by atoms with Crippen molar-refractivity contribution in [3.63, 3.8) is 0 Å². The van der Waals surface area contributed by atoms with E-state index in [1.165, 1.54) is 12.0 Å². The summed E-state index contributed by atoms with van der Waals surface area (Å²) >= 11 is 0. The molecule has 0 aliphatic carbocycles. The van der Waals surface area contributed by atoms with E-state index in [1.807, 2.05) is 0 Å². The molecule has 9 nitrogen and oxygen atoms in total. The molecule has 4 amide bonds. The summed E-state index contributed by atoms with van der Waals surface area (Å²) < 4.78 is 10.5. The molecule has 0 spiro atoms. The quantitative estimate of drug-likeness (QED) is 0.772. The lowest BCUT2D eigenvalue weighted by Crippen LogP contribution is -2.41. The molecule has 1 aromatic rings. The molecular formula is C18H24N4O5. The third kappa shape index (κ3) is 4.37. The fourth-order valence-electron chi connectivity index (χ4n) is 3.48. The summed E-state index contributed by atoms with van der Waals surface area (Å²) in [4.78, 5) is 38.9. The van der Waals surface area contributed by atoms with Gasteiger partial charge in [-0.3, -0.25) is 9.59 Å². The number of amides is 4. The molecule has 1 unspecified atom stereocenters. The predicted molar refractivity (Wildman–Crippen MR) is 98.3 cm³/mol. The molecule has 2 fully saturated rings. The molecule has 2 aliphatic heterocycles. The van der Waals surface area contributed by atoms with Crippen LogP contribution in [0, 0.1) is 5.92 Å². The number of primary amides is 1. The van der Waals surface area contributed by atoms with E-state index in [4.69, 9.17) is 15.2 Å². The van der Waals surface area contributed by atoms with Crippen molar-refractivity contribution in [2.75, 3.05) is 50.2 Å². The maximum Gasteiger partial charge on any atom is 0.314 e. The summed E-state index contributed by atoms with van der Waals surface area (Å²) in [5.74, 6) is -0.463. The molecule has 0 saturated carbocycles. The van der Waals surface area contributed by atoms with Crippen LogP contribution in [0.5, 0.6) is 0 Å². The van der Waals surface area contributed by atoms with Gasteiger partial charge in [-0.05, 0) is 30.7 Å². The highest BCUT2D eigenvalue weighted by atomic mass is 16.5. The molecule has 9 heteroatoms. The van der Waals surface area contributed by atoms with Gasteiger partial charge in [-0.15, -0.1) is 0 Å². The van der Waals surface area contributed by atoms with E-state index in [-0.39, 0.29) is 24.3 Å². The van der Waals surface area contributed by atoms with Crippen LogP contribution < -0.4 is 16.0 Å². The number of hydrogen-bond acceptors (Lipinski definition) is 5. The fraction of sp³-hybridized carbons (Fsp3) is 0.500. The van der Waals surface area contributed by atoms with Crippen molar-refractivity contribution in [2.45, 2.75) is 12.5 Å². The molecule has 3 N–H and O–H groups in total. The van der Waals surface area contributed by atoms with E-state index in [1.54, 1.807) is 29.2 Å². The zero-order chi connectivity index (χ0) is 19.4. The summed E-state index contributed by atoms with van der Waals surface area (Å²) in [5, 5.41) is 2.83. The molecule has 27 heavy (non-hydrogen) atoms. The first-order valence-corrected chi connectivity index (χ1v) is 8.86. The minimum Gasteiger partial charge on any atom is -0.371 e. The number of likely N-dealkylation sites (tertiary alicyclic amines) is 1. The number of nitrogens with one attached hydrogen (secondary N) is 1. The number of hydrogen-bond donors (Lipinski definition) is 2. The summed E-state index contributed by atoms with van der Waals surface area (Å²) in [7, 11) is 1.48. The van der Waals surface area contributed by atoms with Crippen LogP contribution in [0.2, 0.25) is 0 Å². The Labute approximate surface area is 157 Å². The molecule has 2 saturated heterocycles. The van der Waals surface area contributed by atoms with Gasteiger partial charge in [0, 0.05) is 44.0 Å². The molecule has 0 radical (unpaired) electrons. The Morgan fingerprint density at radius 3 is 2.63 bits per heavy atom. The van der Waals surface area contributed by atoms with Crippen molar-refractivity contribution in [1.29, 1.82) is 0 Å². The lowest BCUT2D eigenvalue weighted by molar-refractivity contribution is -0.128. The summed E-state index contributed by atoms with van der Waals surface area (Å²) in [6.07, 6.45) is -0.0118. The lowest BCUT2D eigenvalue weighted by atomic mass is 10.0. The smallest absolute Gasteiger partial charge is 0.314 e. The zero-order valence-corrected chi connectivity index (χ0v) is 15.2. The van der Waals surface area contributed by atoms with Gasteiger partial charge in [0.2, 0.25) is 0 Å². The highest BCUT2D eigenvalue weighted by Gasteiger charge is 2.35. The first-order valence-electron chi connectivity index (χ1n) is 8.86. The predicted octanol–water partition coefficient (Wildman–Crippen LogP) is 0.404. The number of rotatable bonds is 5. The van der Waals surface area contributed by atoms with Crippen molar-refractivity contribution >= 4 is 29.2 Å². The molecule has 146 valence electrons. The average molecular weight is 376 g/mol. The van der Waals surface area contributed by atoms with E-state index in [2.05, 4.69) is 5.32 Å². The molecule has 1 aromatic carbocycles. The van der Waals surface area contributed by atoms with Gasteiger partial charge in [0.05, 0.1) is 6.61 Å². The van der Waals surface area contributed by atoms with E-state index in [0.717, 1.165) is 5.69 Å². The number of ether oxygens (including phenoxy) is 2. The Hall–Kier alpha value is -2.65. The zero-order valence-electron chi connectivity index (χ0n) is 15.2. The van der Waals surface area contributed by atoms with Gasteiger partial charge >= 0.3 is 6.03 Å². The summed E-state index contributed by atoms with van der Waals surface area (Å²) in [6, 6.07) is 6.57. The molecule has 0 bridgehead atoms. The molecular weight excluding hydrogens is 352 g/mol. The van der Waals surface area contributed by atoms with E-state index in [0.29, 0.717) is 38.3 Å². The summed E-state index contributed by atoms with van der Waals surface area (Å²) in [6.45, 7) is 2.02. The Balaban J connectivity index is 1.61. The van der Waals surface area contributed by atoms with E-state index in [9.17, 15) is 14.4 Å². The van der Waals surface area contributed by atoms with Crippen LogP contribution in [-0.4, -0.2) is 68.8 Å². The van der Waals surface area contributed by atoms with Crippen LogP contribution in [0.15, 0.2) is 24.3 Å². The molecule has 0 aromatic heterocycles. The minimum absolute atomic E-state index is 0.0811. The Morgan fingerprint density at radius 1 is 1.30 bits per heavy atom. The number of benzene rings is 1. The Kier molecular flexibility index (Phi) is 5.92. The van der Waals surface area contributed by atoms with Gasteiger partial charge < -0.3 is 30.3 Å². The second-order valence-electron chi connectivity index (χ2n) is 6.62. The highest BCUT2D eigenvalue weighted by molar-refractivity contribution is 5.96. The normalized spacial score (nSPS) is 21.2. The largest absolute Gasteiger partial charge is 0.371 e. The van der Waals surface area contributed by atoms with Crippen LogP contribution >= 0.6 is 0 Å². The Bertz CT molecular complexity index is 708. The number of methoxy groups -OCH3 is 1. The van der Waals surface area contributed by atoms with Gasteiger partial charge in [0.15, 0.2) is 0 Å². The third-order valence-electron chi connectivity index (χ3n) is 4.91.